The van der Waals surface area contributed by atoms with Crippen LogP contribution in [-0.2, 0) is 5.60 Å². The standard InChI is InChI=1S/C12H13FN4O2/c13-8-1-2-9(15-7-8)10-16-11(19-17-10)12(18)3-5-14-6-4-12/h1-2,7,14,18H,3-6H2. The van der Waals surface area contributed by atoms with Gasteiger partial charge in [-0.05, 0) is 38.1 Å². The molecular weight excluding hydrogens is 251 g/mol. The Balaban J connectivity index is 1.88. The minimum absolute atomic E-state index is 0.190. The average Bonchev–Trinajstić information content (AvgIpc) is 2.91. The van der Waals surface area contributed by atoms with E-state index in [-0.39, 0.29) is 11.7 Å². The van der Waals surface area contributed by atoms with Gasteiger partial charge in [0.1, 0.15) is 17.1 Å². The second-order valence-electron chi connectivity index (χ2n) is 4.57. The average molecular weight is 264 g/mol. The number of piperidine rings is 1. The minimum Gasteiger partial charge on any atom is -0.380 e. The highest BCUT2D eigenvalue weighted by Gasteiger charge is 2.37. The SMILES string of the molecule is OC1(c2nc(-c3ccc(F)cn3)no2)CCNCC1. The molecule has 6 nitrogen and oxygen atoms in total. The summed E-state index contributed by atoms with van der Waals surface area (Å²) in [5.41, 5.74) is -0.676. The van der Waals surface area contributed by atoms with E-state index >= 15 is 0 Å². The van der Waals surface area contributed by atoms with Gasteiger partial charge in [-0.25, -0.2) is 9.37 Å². The van der Waals surface area contributed by atoms with Crippen LogP contribution in [0.2, 0.25) is 0 Å². The van der Waals surface area contributed by atoms with Gasteiger partial charge >= 0.3 is 0 Å². The highest BCUT2D eigenvalue weighted by molar-refractivity contribution is 5.47. The summed E-state index contributed by atoms with van der Waals surface area (Å²) in [6.45, 7) is 1.39. The van der Waals surface area contributed by atoms with Crippen molar-refractivity contribution in [3.8, 4) is 11.5 Å². The summed E-state index contributed by atoms with van der Waals surface area (Å²) in [4.78, 5) is 8.04. The van der Waals surface area contributed by atoms with Crippen molar-refractivity contribution in [1.82, 2.24) is 20.4 Å². The predicted molar refractivity (Wildman–Crippen MR) is 63.5 cm³/mol. The molecule has 3 heterocycles. The number of pyridine rings is 1. The molecule has 0 spiro atoms. The van der Waals surface area contributed by atoms with E-state index in [1.807, 2.05) is 0 Å². The number of halogens is 1. The fourth-order valence-electron chi connectivity index (χ4n) is 2.08. The maximum Gasteiger partial charge on any atom is 0.259 e. The number of nitrogens with one attached hydrogen (secondary N) is 1. The highest BCUT2D eigenvalue weighted by Crippen LogP contribution is 2.30. The molecule has 2 aromatic rings. The Hall–Kier alpha value is -1.86. The maximum atomic E-state index is 12.8. The summed E-state index contributed by atoms with van der Waals surface area (Å²) in [7, 11) is 0. The highest BCUT2D eigenvalue weighted by atomic mass is 19.1. The van der Waals surface area contributed by atoms with Gasteiger partial charge in [0.05, 0.1) is 6.20 Å². The van der Waals surface area contributed by atoms with Crippen LogP contribution in [0.3, 0.4) is 0 Å². The lowest BCUT2D eigenvalue weighted by molar-refractivity contribution is -0.0228. The van der Waals surface area contributed by atoms with Crippen LogP contribution in [0.1, 0.15) is 18.7 Å². The molecule has 0 unspecified atom stereocenters. The molecule has 0 amide bonds. The van der Waals surface area contributed by atoms with Crippen LogP contribution < -0.4 is 5.32 Å². The number of rotatable bonds is 2. The van der Waals surface area contributed by atoms with Crippen molar-refractivity contribution in [3.05, 3.63) is 30.0 Å². The Morgan fingerprint density at radius 2 is 2.11 bits per heavy atom. The molecule has 1 fully saturated rings. The predicted octanol–water partition coefficient (Wildman–Crippen LogP) is 0.842. The first kappa shape index (κ1) is 12.2. The summed E-state index contributed by atoms with van der Waals surface area (Å²) in [5.74, 6) is 0.0153. The molecule has 0 atom stereocenters. The monoisotopic (exact) mass is 264 g/mol. The number of aliphatic hydroxyl groups is 1. The topological polar surface area (TPSA) is 84.1 Å². The summed E-state index contributed by atoms with van der Waals surface area (Å²) in [5, 5.41) is 17.4. The second kappa shape index (κ2) is 4.67. The smallest absolute Gasteiger partial charge is 0.259 e. The van der Waals surface area contributed by atoms with Crippen molar-refractivity contribution in [1.29, 1.82) is 0 Å². The van der Waals surface area contributed by atoms with Gasteiger partial charge in [0, 0.05) is 0 Å². The number of hydrogen-bond acceptors (Lipinski definition) is 6. The van der Waals surface area contributed by atoms with Gasteiger partial charge in [-0.2, -0.15) is 4.98 Å². The van der Waals surface area contributed by atoms with E-state index in [0.717, 1.165) is 6.20 Å². The molecule has 0 aromatic carbocycles. The fourth-order valence-corrected chi connectivity index (χ4v) is 2.08. The quantitative estimate of drug-likeness (QED) is 0.836. The van der Waals surface area contributed by atoms with Gasteiger partial charge in [-0.3, -0.25) is 0 Å². The Labute approximate surface area is 108 Å². The van der Waals surface area contributed by atoms with E-state index in [2.05, 4.69) is 20.4 Å². The Morgan fingerprint density at radius 1 is 1.32 bits per heavy atom. The van der Waals surface area contributed by atoms with Gasteiger partial charge in [0.2, 0.25) is 5.82 Å². The normalized spacial score (nSPS) is 18.4. The van der Waals surface area contributed by atoms with Crippen LogP contribution in [0.5, 0.6) is 0 Å². The molecule has 19 heavy (non-hydrogen) atoms. The molecule has 0 aliphatic carbocycles. The number of nitrogens with zero attached hydrogens (tertiary/aromatic N) is 3. The van der Waals surface area contributed by atoms with Crippen LogP contribution in [-0.4, -0.2) is 33.3 Å². The number of aromatic nitrogens is 3. The lowest BCUT2D eigenvalue weighted by atomic mass is 9.92. The zero-order chi connectivity index (χ0) is 13.3. The summed E-state index contributed by atoms with van der Waals surface area (Å²) >= 11 is 0. The van der Waals surface area contributed by atoms with Crippen LogP contribution in [0, 0.1) is 5.82 Å². The van der Waals surface area contributed by atoms with Crippen LogP contribution in [0.15, 0.2) is 22.9 Å². The van der Waals surface area contributed by atoms with Crippen molar-refractivity contribution in [2.45, 2.75) is 18.4 Å². The molecule has 2 aromatic heterocycles. The molecule has 1 saturated heterocycles. The van der Waals surface area contributed by atoms with Gasteiger partial charge in [-0.15, -0.1) is 0 Å². The minimum atomic E-state index is -1.09. The third kappa shape index (κ3) is 2.34. The largest absolute Gasteiger partial charge is 0.380 e. The molecule has 0 saturated carbocycles. The van der Waals surface area contributed by atoms with Crippen molar-refractivity contribution >= 4 is 0 Å². The molecule has 2 N–H and O–H groups in total. The molecule has 0 bridgehead atoms. The first-order valence-corrected chi connectivity index (χ1v) is 6.07. The zero-order valence-corrected chi connectivity index (χ0v) is 10.1. The molecule has 1 aliphatic rings. The third-order valence-electron chi connectivity index (χ3n) is 3.21. The third-order valence-corrected chi connectivity index (χ3v) is 3.21. The second-order valence-corrected chi connectivity index (χ2v) is 4.57. The van der Waals surface area contributed by atoms with Crippen molar-refractivity contribution in [3.63, 3.8) is 0 Å². The molecule has 1 aliphatic heterocycles. The first-order valence-electron chi connectivity index (χ1n) is 6.07. The van der Waals surface area contributed by atoms with E-state index < -0.39 is 11.4 Å². The Bertz CT molecular complexity index is 563. The Morgan fingerprint density at radius 3 is 2.79 bits per heavy atom. The number of hydrogen-bond donors (Lipinski definition) is 2. The fraction of sp³-hybridized carbons (Fsp3) is 0.417. The van der Waals surface area contributed by atoms with Gasteiger partial charge in [-0.1, -0.05) is 5.16 Å². The van der Waals surface area contributed by atoms with Crippen molar-refractivity contribution in [2.24, 2.45) is 0 Å². The van der Waals surface area contributed by atoms with E-state index in [9.17, 15) is 9.50 Å². The molecule has 3 rings (SSSR count). The summed E-state index contributed by atoms with van der Waals surface area (Å²) < 4.78 is 17.9. The maximum absolute atomic E-state index is 12.8. The molecule has 7 heteroatoms. The van der Waals surface area contributed by atoms with Gasteiger partial charge < -0.3 is 14.9 Å². The molecular formula is C12H13FN4O2. The van der Waals surface area contributed by atoms with Crippen molar-refractivity contribution < 1.29 is 14.0 Å². The zero-order valence-electron chi connectivity index (χ0n) is 10.1. The van der Waals surface area contributed by atoms with E-state index in [0.29, 0.717) is 31.6 Å². The molecule has 0 radical (unpaired) electrons. The van der Waals surface area contributed by atoms with Gasteiger partial charge in [0.25, 0.3) is 5.89 Å². The van der Waals surface area contributed by atoms with E-state index in [1.165, 1.54) is 12.1 Å². The lowest BCUT2D eigenvalue weighted by Gasteiger charge is -2.28. The first-order chi connectivity index (χ1) is 9.17. The Kier molecular flexibility index (Phi) is 3.00. The van der Waals surface area contributed by atoms with Crippen molar-refractivity contribution in [2.75, 3.05) is 13.1 Å². The van der Waals surface area contributed by atoms with Crippen LogP contribution in [0.4, 0.5) is 4.39 Å². The van der Waals surface area contributed by atoms with Gasteiger partial charge in [0.15, 0.2) is 0 Å². The lowest BCUT2D eigenvalue weighted by Crippen LogP contribution is -2.39. The molecule has 100 valence electrons. The van der Waals surface area contributed by atoms with Crippen LogP contribution in [0.25, 0.3) is 11.5 Å². The van der Waals surface area contributed by atoms with E-state index in [1.54, 1.807) is 0 Å². The summed E-state index contributed by atoms with van der Waals surface area (Å²) in [6, 6.07) is 2.74. The van der Waals surface area contributed by atoms with Crippen LogP contribution >= 0.6 is 0 Å². The summed E-state index contributed by atoms with van der Waals surface area (Å²) in [6.07, 6.45) is 2.13. The van der Waals surface area contributed by atoms with E-state index in [4.69, 9.17) is 4.52 Å².